The molecule has 4 nitrogen and oxygen atoms in total. The highest BCUT2D eigenvalue weighted by atomic mass is 79.9. The summed E-state index contributed by atoms with van der Waals surface area (Å²) in [6, 6.07) is 1.51. The Balaban J connectivity index is 3.11. The van der Waals surface area contributed by atoms with Crippen molar-refractivity contribution in [3.05, 3.63) is 22.3 Å². The molecule has 0 unspecified atom stereocenters. The van der Waals surface area contributed by atoms with Crippen molar-refractivity contribution in [1.82, 2.24) is 4.98 Å². The van der Waals surface area contributed by atoms with E-state index < -0.39 is 5.97 Å². The quantitative estimate of drug-likeness (QED) is 0.859. The lowest BCUT2D eigenvalue weighted by atomic mass is 10.2. The molecule has 1 aromatic rings. The van der Waals surface area contributed by atoms with E-state index in [-0.39, 0.29) is 5.56 Å². The number of carboxylic acids is 1. The Kier molecular flexibility index (Phi) is 4.32. The Morgan fingerprint density at radius 3 is 2.94 bits per heavy atom. The van der Waals surface area contributed by atoms with Crippen molar-refractivity contribution in [3.63, 3.8) is 0 Å². The molecule has 0 saturated carbocycles. The van der Waals surface area contributed by atoms with Crippen LogP contribution in [0.1, 0.15) is 17.3 Å². The molecule has 5 heteroatoms. The van der Waals surface area contributed by atoms with Crippen molar-refractivity contribution >= 4 is 27.7 Å². The molecule has 0 atom stereocenters. The number of terminal acetylenes is 1. The van der Waals surface area contributed by atoms with Gasteiger partial charge in [0.2, 0.25) is 0 Å². The summed E-state index contributed by atoms with van der Waals surface area (Å²) in [5.41, 5.74) is 0.181. The molecule has 0 aliphatic rings. The number of aromatic nitrogens is 1. The lowest BCUT2D eigenvalue weighted by molar-refractivity contribution is 0.0696. The topological polar surface area (TPSA) is 53.4 Å². The monoisotopic (exact) mass is 282 g/mol. The van der Waals surface area contributed by atoms with E-state index in [9.17, 15) is 4.79 Å². The minimum atomic E-state index is -0.993. The van der Waals surface area contributed by atoms with Crippen LogP contribution in [-0.4, -0.2) is 29.1 Å². The van der Waals surface area contributed by atoms with Crippen LogP contribution in [0.25, 0.3) is 0 Å². The van der Waals surface area contributed by atoms with E-state index in [0.29, 0.717) is 23.4 Å². The summed E-state index contributed by atoms with van der Waals surface area (Å²) in [4.78, 5) is 16.9. The normalized spacial score (nSPS) is 9.56. The Morgan fingerprint density at radius 2 is 2.44 bits per heavy atom. The summed E-state index contributed by atoms with van der Waals surface area (Å²) in [6.45, 7) is 3.02. The summed E-state index contributed by atoms with van der Waals surface area (Å²) >= 11 is 3.14. The Labute approximate surface area is 102 Å². The molecule has 1 heterocycles. The third kappa shape index (κ3) is 2.74. The van der Waals surface area contributed by atoms with Crippen LogP contribution in [0.4, 0.5) is 5.82 Å². The number of carboxylic acid groups (broad SMARTS) is 1. The van der Waals surface area contributed by atoms with Crippen LogP contribution in [-0.2, 0) is 0 Å². The van der Waals surface area contributed by atoms with Crippen LogP contribution in [0.2, 0.25) is 0 Å². The van der Waals surface area contributed by atoms with Gasteiger partial charge in [-0.05, 0) is 28.9 Å². The average molecular weight is 283 g/mol. The van der Waals surface area contributed by atoms with Crippen molar-refractivity contribution in [2.24, 2.45) is 0 Å². The molecule has 0 radical (unpaired) electrons. The van der Waals surface area contributed by atoms with Crippen molar-refractivity contribution in [1.29, 1.82) is 0 Å². The van der Waals surface area contributed by atoms with Crippen LogP contribution >= 0.6 is 15.9 Å². The lowest BCUT2D eigenvalue weighted by Crippen LogP contribution is -2.24. The second-order valence-electron chi connectivity index (χ2n) is 3.05. The van der Waals surface area contributed by atoms with Crippen LogP contribution in [0.5, 0.6) is 0 Å². The minimum absolute atomic E-state index is 0.181. The first-order valence-corrected chi connectivity index (χ1v) is 5.46. The molecule has 0 aliphatic heterocycles. The predicted octanol–water partition coefficient (Wildman–Crippen LogP) is 2.00. The lowest BCUT2D eigenvalue weighted by Gasteiger charge is -2.19. The van der Waals surface area contributed by atoms with Gasteiger partial charge in [-0.25, -0.2) is 9.78 Å². The molecule has 1 N–H and O–H groups in total. The summed E-state index contributed by atoms with van der Waals surface area (Å²) in [5.74, 6) is 2.08. The van der Waals surface area contributed by atoms with E-state index in [2.05, 4.69) is 26.8 Å². The van der Waals surface area contributed by atoms with Crippen LogP contribution < -0.4 is 4.90 Å². The number of anilines is 1. The SMILES string of the molecule is C#CCN(CC)c1cc(C(=O)O)c(Br)cn1. The fraction of sp³-hybridized carbons (Fsp3) is 0.273. The molecule has 84 valence electrons. The number of pyridine rings is 1. The zero-order chi connectivity index (χ0) is 12.1. The fourth-order valence-electron chi connectivity index (χ4n) is 1.23. The molecule has 0 saturated heterocycles. The molecule has 1 rings (SSSR count). The van der Waals surface area contributed by atoms with Crippen LogP contribution in [0.15, 0.2) is 16.7 Å². The van der Waals surface area contributed by atoms with Gasteiger partial charge in [0.05, 0.1) is 16.6 Å². The predicted molar refractivity (Wildman–Crippen MR) is 65.6 cm³/mol. The smallest absolute Gasteiger partial charge is 0.337 e. The van der Waals surface area contributed by atoms with E-state index in [1.54, 1.807) is 0 Å². The highest BCUT2D eigenvalue weighted by Crippen LogP contribution is 2.20. The maximum Gasteiger partial charge on any atom is 0.337 e. The first-order valence-electron chi connectivity index (χ1n) is 4.67. The molecule has 0 aromatic carbocycles. The molecule has 0 fully saturated rings. The first-order chi connectivity index (χ1) is 7.60. The second kappa shape index (κ2) is 5.52. The average Bonchev–Trinajstić information content (AvgIpc) is 2.26. The third-order valence-electron chi connectivity index (χ3n) is 2.06. The van der Waals surface area contributed by atoms with Gasteiger partial charge in [-0.1, -0.05) is 5.92 Å². The Hall–Kier alpha value is -1.54. The van der Waals surface area contributed by atoms with Gasteiger partial charge in [0, 0.05) is 12.7 Å². The molecular formula is C11H11BrN2O2. The second-order valence-corrected chi connectivity index (χ2v) is 3.90. The molecule has 0 amide bonds. The molecule has 16 heavy (non-hydrogen) atoms. The Bertz CT molecular complexity index is 440. The number of carbonyl (C=O) groups is 1. The summed E-state index contributed by atoms with van der Waals surface area (Å²) in [5, 5.41) is 8.96. The number of rotatable bonds is 4. The molecule has 1 aromatic heterocycles. The van der Waals surface area contributed by atoms with Crippen molar-refractivity contribution < 1.29 is 9.90 Å². The zero-order valence-corrected chi connectivity index (χ0v) is 10.4. The Morgan fingerprint density at radius 1 is 1.75 bits per heavy atom. The van der Waals surface area contributed by atoms with Gasteiger partial charge in [-0.15, -0.1) is 6.42 Å². The maximum absolute atomic E-state index is 10.9. The van der Waals surface area contributed by atoms with Crippen molar-refractivity contribution in [2.45, 2.75) is 6.92 Å². The van der Waals surface area contributed by atoms with E-state index >= 15 is 0 Å². The van der Waals surface area contributed by atoms with Gasteiger partial charge in [-0.2, -0.15) is 0 Å². The van der Waals surface area contributed by atoms with Crippen LogP contribution in [0, 0.1) is 12.3 Å². The summed E-state index contributed by atoms with van der Waals surface area (Å²) in [7, 11) is 0. The molecular weight excluding hydrogens is 272 g/mol. The number of halogens is 1. The number of aromatic carboxylic acids is 1. The van der Waals surface area contributed by atoms with E-state index in [1.807, 2.05) is 11.8 Å². The van der Waals surface area contributed by atoms with Gasteiger partial charge in [0.1, 0.15) is 5.82 Å². The number of nitrogens with zero attached hydrogens (tertiary/aromatic N) is 2. The van der Waals surface area contributed by atoms with Gasteiger partial charge >= 0.3 is 5.97 Å². The maximum atomic E-state index is 10.9. The molecule has 0 bridgehead atoms. The molecule has 0 spiro atoms. The third-order valence-corrected chi connectivity index (χ3v) is 2.69. The van der Waals surface area contributed by atoms with Crippen molar-refractivity contribution in [3.8, 4) is 12.3 Å². The van der Waals surface area contributed by atoms with Gasteiger partial charge in [-0.3, -0.25) is 0 Å². The summed E-state index contributed by atoms with van der Waals surface area (Å²) < 4.78 is 0.459. The van der Waals surface area contributed by atoms with Gasteiger partial charge < -0.3 is 10.0 Å². The van der Waals surface area contributed by atoms with Crippen LogP contribution in [0.3, 0.4) is 0 Å². The largest absolute Gasteiger partial charge is 0.478 e. The van der Waals surface area contributed by atoms with Gasteiger partial charge in [0.15, 0.2) is 0 Å². The van der Waals surface area contributed by atoms with Crippen molar-refractivity contribution in [2.75, 3.05) is 18.0 Å². The van der Waals surface area contributed by atoms with E-state index in [4.69, 9.17) is 11.5 Å². The van der Waals surface area contributed by atoms with E-state index in [1.165, 1.54) is 12.3 Å². The standard InChI is InChI=1S/C11H11BrN2O2/c1-3-5-14(4-2)10-6-8(11(15)16)9(12)7-13-10/h1,6-7H,4-5H2,2H3,(H,15,16). The minimum Gasteiger partial charge on any atom is -0.478 e. The number of hydrogen-bond donors (Lipinski definition) is 1. The molecule has 0 aliphatic carbocycles. The van der Waals surface area contributed by atoms with Gasteiger partial charge in [0.25, 0.3) is 0 Å². The first kappa shape index (κ1) is 12.5. The zero-order valence-electron chi connectivity index (χ0n) is 8.77. The highest BCUT2D eigenvalue weighted by molar-refractivity contribution is 9.10. The summed E-state index contributed by atoms with van der Waals surface area (Å²) in [6.07, 6.45) is 6.70. The van der Waals surface area contributed by atoms with E-state index in [0.717, 1.165) is 0 Å². The highest BCUT2D eigenvalue weighted by Gasteiger charge is 2.12. The fourth-order valence-corrected chi connectivity index (χ4v) is 1.62. The number of hydrogen-bond acceptors (Lipinski definition) is 3.